The smallest absolute Gasteiger partial charge is 0.195 e. The molecule has 34 heavy (non-hydrogen) atoms. The van der Waals surface area contributed by atoms with Gasteiger partial charge in [-0.15, -0.1) is 0 Å². The standard InChI is InChI=1S/C27H27N3O4/c1-32-22-13-20(14-23(15-22)33-2)26(31)25-17-29-27-24(25)12-19(16-28-27)11-18-3-5-21(6-4-18)30-7-9-34-10-8-30/h3-6,12-17H,7-11H2,1-2H3,(H,28,29). The first-order valence-corrected chi connectivity index (χ1v) is 11.3. The van der Waals surface area contributed by atoms with Gasteiger partial charge in [-0.05, 0) is 47.9 Å². The number of carbonyl (C=O) groups excluding carboxylic acids is 1. The number of nitrogens with one attached hydrogen (secondary N) is 1. The van der Waals surface area contributed by atoms with E-state index in [2.05, 4.69) is 39.1 Å². The number of aromatic amines is 1. The number of methoxy groups -OCH3 is 2. The Morgan fingerprint density at radius 3 is 2.38 bits per heavy atom. The Morgan fingerprint density at radius 1 is 1.00 bits per heavy atom. The number of nitrogens with zero attached hydrogens (tertiary/aromatic N) is 2. The van der Waals surface area contributed by atoms with Crippen molar-refractivity contribution in [2.75, 3.05) is 45.4 Å². The molecule has 1 saturated heterocycles. The maximum Gasteiger partial charge on any atom is 0.195 e. The minimum Gasteiger partial charge on any atom is -0.497 e. The van der Waals surface area contributed by atoms with E-state index < -0.39 is 0 Å². The van der Waals surface area contributed by atoms with Gasteiger partial charge in [-0.2, -0.15) is 0 Å². The fourth-order valence-electron chi connectivity index (χ4n) is 4.31. The minimum absolute atomic E-state index is 0.114. The molecule has 0 spiro atoms. The molecular weight excluding hydrogens is 430 g/mol. The summed E-state index contributed by atoms with van der Waals surface area (Å²) in [5.41, 5.74) is 5.21. The molecule has 4 aromatic rings. The SMILES string of the molecule is COc1cc(OC)cc(C(=O)c2c[nH]c3ncc(Cc4ccc(N5CCOCC5)cc4)cc23)c1. The van der Waals surface area contributed by atoms with Gasteiger partial charge in [0.25, 0.3) is 0 Å². The fraction of sp³-hybridized carbons (Fsp3) is 0.259. The van der Waals surface area contributed by atoms with Crippen LogP contribution in [0.15, 0.2) is 60.9 Å². The molecule has 0 radical (unpaired) electrons. The fourth-order valence-corrected chi connectivity index (χ4v) is 4.31. The van der Waals surface area contributed by atoms with Crippen LogP contribution in [0.5, 0.6) is 11.5 Å². The Bertz CT molecular complexity index is 1290. The molecule has 1 fully saturated rings. The highest BCUT2D eigenvalue weighted by Gasteiger charge is 2.18. The average Bonchev–Trinajstić information content (AvgIpc) is 3.32. The van der Waals surface area contributed by atoms with E-state index in [1.807, 2.05) is 12.3 Å². The minimum atomic E-state index is -0.114. The predicted molar refractivity (Wildman–Crippen MR) is 131 cm³/mol. The lowest BCUT2D eigenvalue weighted by Gasteiger charge is -2.28. The van der Waals surface area contributed by atoms with Gasteiger partial charge in [0.2, 0.25) is 0 Å². The van der Waals surface area contributed by atoms with Gasteiger partial charge >= 0.3 is 0 Å². The zero-order valence-corrected chi connectivity index (χ0v) is 19.3. The lowest BCUT2D eigenvalue weighted by atomic mass is 10.0. The molecule has 5 rings (SSSR count). The number of rotatable bonds is 7. The van der Waals surface area contributed by atoms with Crippen LogP contribution in [0.4, 0.5) is 5.69 Å². The summed E-state index contributed by atoms with van der Waals surface area (Å²) in [6.07, 6.45) is 4.31. The molecule has 0 unspecified atom stereocenters. The van der Waals surface area contributed by atoms with Gasteiger partial charge in [-0.1, -0.05) is 12.1 Å². The average molecular weight is 458 g/mol. The van der Waals surface area contributed by atoms with E-state index in [9.17, 15) is 4.79 Å². The molecule has 0 saturated carbocycles. The molecule has 0 aliphatic carbocycles. The van der Waals surface area contributed by atoms with E-state index in [4.69, 9.17) is 14.2 Å². The molecule has 0 amide bonds. The van der Waals surface area contributed by atoms with Gasteiger partial charge in [0.05, 0.1) is 27.4 Å². The quantitative estimate of drug-likeness (QED) is 0.419. The van der Waals surface area contributed by atoms with Gasteiger partial charge in [-0.3, -0.25) is 4.79 Å². The molecule has 1 aliphatic rings. The van der Waals surface area contributed by atoms with E-state index in [1.165, 1.54) is 11.3 Å². The molecule has 7 nitrogen and oxygen atoms in total. The summed E-state index contributed by atoms with van der Waals surface area (Å²) in [5, 5.41) is 0.800. The molecule has 0 bridgehead atoms. The Hall–Kier alpha value is -3.84. The van der Waals surface area contributed by atoms with E-state index in [0.29, 0.717) is 28.3 Å². The summed E-state index contributed by atoms with van der Waals surface area (Å²) in [5.74, 6) is 1.03. The second-order valence-electron chi connectivity index (χ2n) is 8.32. The highest BCUT2D eigenvalue weighted by molar-refractivity contribution is 6.16. The first kappa shape index (κ1) is 22.0. The van der Waals surface area contributed by atoms with Crippen molar-refractivity contribution in [2.24, 2.45) is 0 Å². The number of anilines is 1. The van der Waals surface area contributed by atoms with Crippen LogP contribution in [-0.4, -0.2) is 56.3 Å². The van der Waals surface area contributed by atoms with Gasteiger partial charge < -0.3 is 24.1 Å². The number of pyridine rings is 1. The second-order valence-corrected chi connectivity index (χ2v) is 8.32. The van der Waals surface area contributed by atoms with E-state index >= 15 is 0 Å². The predicted octanol–water partition coefficient (Wildman–Crippen LogP) is 4.24. The number of ketones is 1. The van der Waals surface area contributed by atoms with Crippen LogP contribution in [0.1, 0.15) is 27.0 Å². The van der Waals surface area contributed by atoms with Crippen LogP contribution in [0.2, 0.25) is 0 Å². The third-order valence-corrected chi connectivity index (χ3v) is 6.17. The van der Waals surface area contributed by atoms with Crippen LogP contribution in [0, 0.1) is 0 Å². The lowest BCUT2D eigenvalue weighted by Crippen LogP contribution is -2.36. The normalized spacial score (nSPS) is 13.8. The Labute approximate surface area is 198 Å². The van der Waals surface area contributed by atoms with E-state index in [0.717, 1.165) is 43.7 Å². The number of ether oxygens (including phenoxy) is 3. The lowest BCUT2D eigenvalue weighted by molar-refractivity contribution is 0.103. The Kier molecular flexibility index (Phi) is 6.18. The third kappa shape index (κ3) is 4.47. The van der Waals surface area contributed by atoms with Crippen molar-refractivity contribution in [2.45, 2.75) is 6.42 Å². The first-order chi connectivity index (χ1) is 16.6. The van der Waals surface area contributed by atoms with Crippen LogP contribution >= 0.6 is 0 Å². The van der Waals surface area contributed by atoms with Crippen LogP contribution < -0.4 is 14.4 Å². The summed E-state index contributed by atoms with van der Waals surface area (Å²) in [7, 11) is 3.14. The Balaban J connectivity index is 1.39. The summed E-state index contributed by atoms with van der Waals surface area (Å²) in [6, 6.07) is 15.9. The Morgan fingerprint density at radius 2 is 1.71 bits per heavy atom. The highest BCUT2D eigenvalue weighted by atomic mass is 16.5. The zero-order valence-electron chi connectivity index (χ0n) is 19.3. The summed E-state index contributed by atoms with van der Waals surface area (Å²) >= 11 is 0. The van der Waals surface area contributed by atoms with Crippen molar-refractivity contribution in [1.82, 2.24) is 9.97 Å². The third-order valence-electron chi connectivity index (χ3n) is 6.17. The number of benzene rings is 2. The molecule has 174 valence electrons. The summed E-state index contributed by atoms with van der Waals surface area (Å²) in [4.78, 5) is 23.4. The van der Waals surface area contributed by atoms with Gasteiger partial charge in [0.1, 0.15) is 17.1 Å². The monoisotopic (exact) mass is 457 g/mol. The van der Waals surface area contributed by atoms with Crippen molar-refractivity contribution in [3.8, 4) is 11.5 Å². The zero-order chi connectivity index (χ0) is 23.5. The largest absolute Gasteiger partial charge is 0.497 e. The molecule has 0 atom stereocenters. The molecule has 3 heterocycles. The van der Waals surface area contributed by atoms with Crippen molar-refractivity contribution in [1.29, 1.82) is 0 Å². The van der Waals surface area contributed by atoms with Crippen molar-refractivity contribution >= 4 is 22.5 Å². The van der Waals surface area contributed by atoms with Crippen molar-refractivity contribution < 1.29 is 19.0 Å². The number of aromatic nitrogens is 2. The number of carbonyl (C=O) groups is 1. The number of morpholine rings is 1. The molecule has 2 aromatic carbocycles. The van der Waals surface area contributed by atoms with Gasteiger partial charge in [-0.25, -0.2) is 4.98 Å². The van der Waals surface area contributed by atoms with E-state index in [-0.39, 0.29) is 5.78 Å². The topological polar surface area (TPSA) is 76.7 Å². The van der Waals surface area contributed by atoms with Crippen LogP contribution in [0.3, 0.4) is 0 Å². The summed E-state index contributed by atoms with van der Waals surface area (Å²) < 4.78 is 16.1. The number of hydrogen-bond donors (Lipinski definition) is 1. The molecular formula is C27H27N3O4. The van der Waals surface area contributed by atoms with Crippen LogP contribution in [-0.2, 0) is 11.2 Å². The molecule has 1 N–H and O–H groups in total. The van der Waals surface area contributed by atoms with E-state index in [1.54, 1.807) is 38.6 Å². The number of fused-ring (bicyclic) bond motifs is 1. The first-order valence-electron chi connectivity index (χ1n) is 11.3. The molecule has 7 heteroatoms. The van der Waals surface area contributed by atoms with Crippen LogP contribution in [0.25, 0.3) is 11.0 Å². The second kappa shape index (κ2) is 9.57. The maximum atomic E-state index is 13.3. The van der Waals surface area contributed by atoms with Crippen molar-refractivity contribution in [3.63, 3.8) is 0 Å². The highest BCUT2D eigenvalue weighted by Crippen LogP contribution is 2.27. The van der Waals surface area contributed by atoms with Gasteiger partial charge in [0.15, 0.2) is 5.78 Å². The maximum absolute atomic E-state index is 13.3. The molecule has 2 aromatic heterocycles. The summed E-state index contributed by atoms with van der Waals surface area (Å²) in [6.45, 7) is 3.38. The molecule has 1 aliphatic heterocycles. The van der Waals surface area contributed by atoms with Crippen molar-refractivity contribution in [3.05, 3.63) is 83.2 Å². The number of hydrogen-bond acceptors (Lipinski definition) is 6. The number of H-pyrrole nitrogens is 1. The van der Waals surface area contributed by atoms with Gasteiger partial charge in [0, 0.05) is 53.8 Å².